The van der Waals surface area contributed by atoms with E-state index in [4.69, 9.17) is 5.26 Å². The first kappa shape index (κ1) is 14.5. The maximum absolute atomic E-state index is 12.5. The lowest BCUT2D eigenvalue weighted by molar-refractivity contribution is -0.137. The fraction of sp³-hybridized carbons (Fsp3) is 0.462. The first-order chi connectivity index (χ1) is 8.27. The van der Waals surface area contributed by atoms with Crippen LogP contribution >= 0.6 is 0 Å². The lowest BCUT2D eigenvalue weighted by Crippen LogP contribution is -2.21. The molecule has 5 heteroatoms. The Morgan fingerprint density at radius 3 is 2.44 bits per heavy atom. The minimum atomic E-state index is -4.42. The van der Waals surface area contributed by atoms with Crippen LogP contribution in [0.4, 0.5) is 13.2 Å². The summed E-state index contributed by atoms with van der Waals surface area (Å²) in [6, 6.07) is 6.59. The van der Waals surface area contributed by atoms with Gasteiger partial charge >= 0.3 is 6.18 Å². The Morgan fingerprint density at radius 2 is 1.89 bits per heavy atom. The second-order valence-corrected chi connectivity index (χ2v) is 4.36. The standard InChI is InChI=1S/C13H14F3NO/c1-12(18,7-2-3-8-17)10-5-4-6-11(9-10)13(14,15)16/h4-6,9,18H,2-3,7H2,1H3. The molecule has 18 heavy (non-hydrogen) atoms. The highest BCUT2D eigenvalue weighted by atomic mass is 19.4. The molecule has 0 heterocycles. The molecule has 0 bridgehead atoms. The molecular formula is C13H14F3NO. The van der Waals surface area contributed by atoms with Crippen molar-refractivity contribution in [1.29, 1.82) is 5.26 Å². The molecule has 0 aliphatic rings. The highest BCUT2D eigenvalue weighted by Gasteiger charge is 2.32. The molecule has 0 amide bonds. The topological polar surface area (TPSA) is 44.0 Å². The molecule has 1 rings (SSSR count). The van der Waals surface area contributed by atoms with Crippen LogP contribution in [-0.2, 0) is 11.8 Å². The lowest BCUT2D eigenvalue weighted by atomic mass is 9.89. The monoisotopic (exact) mass is 257 g/mol. The van der Waals surface area contributed by atoms with Crippen molar-refractivity contribution >= 4 is 0 Å². The van der Waals surface area contributed by atoms with Crippen molar-refractivity contribution in [2.24, 2.45) is 0 Å². The van der Waals surface area contributed by atoms with E-state index in [1.54, 1.807) is 0 Å². The Labute approximate surface area is 104 Å². The maximum Gasteiger partial charge on any atom is 0.416 e. The van der Waals surface area contributed by atoms with Crippen LogP contribution in [0.15, 0.2) is 24.3 Å². The summed E-state index contributed by atoms with van der Waals surface area (Å²) >= 11 is 0. The maximum atomic E-state index is 12.5. The Hall–Kier alpha value is -1.54. The van der Waals surface area contributed by atoms with Crippen molar-refractivity contribution < 1.29 is 18.3 Å². The average Bonchev–Trinajstić information content (AvgIpc) is 2.28. The van der Waals surface area contributed by atoms with Crippen LogP contribution in [0, 0.1) is 11.3 Å². The molecule has 1 N–H and O–H groups in total. The molecule has 1 aromatic carbocycles. The molecule has 0 aromatic heterocycles. The van der Waals surface area contributed by atoms with Crippen LogP contribution in [0.5, 0.6) is 0 Å². The van der Waals surface area contributed by atoms with Crippen molar-refractivity contribution in [3.05, 3.63) is 35.4 Å². The highest BCUT2D eigenvalue weighted by molar-refractivity contribution is 5.29. The summed E-state index contributed by atoms with van der Waals surface area (Å²) in [7, 11) is 0. The fourth-order valence-electron chi connectivity index (χ4n) is 1.69. The van der Waals surface area contributed by atoms with E-state index >= 15 is 0 Å². The fourth-order valence-corrected chi connectivity index (χ4v) is 1.69. The van der Waals surface area contributed by atoms with Gasteiger partial charge in [-0.25, -0.2) is 0 Å². The molecule has 0 aliphatic heterocycles. The summed E-state index contributed by atoms with van der Waals surface area (Å²) in [5.41, 5.74) is -1.91. The van der Waals surface area contributed by atoms with Gasteiger partial charge in [-0.15, -0.1) is 0 Å². The zero-order valence-electron chi connectivity index (χ0n) is 9.96. The molecule has 2 nitrogen and oxygen atoms in total. The summed E-state index contributed by atoms with van der Waals surface area (Å²) in [4.78, 5) is 0. The van der Waals surface area contributed by atoms with Crippen LogP contribution in [0.3, 0.4) is 0 Å². The van der Waals surface area contributed by atoms with Crippen molar-refractivity contribution in [1.82, 2.24) is 0 Å². The first-order valence-electron chi connectivity index (χ1n) is 5.54. The Morgan fingerprint density at radius 1 is 1.28 bits per heavy atom. The molecule has 98 valence electrons. The molecule has 1 unspecified atom stereocenters. The van der Waals surface area contributed by atoms with Crippen molar-refractivity contribution in [2.45, 2.75) is 38.0 Å². The van der Waals surface area contributed by atoms with E-state index in [-0.39, 0.29) is 18.4 Å². The molecule has 0 saturated carbocycles. The van der Waals surface area contributed by atoms with Crippen molar-refractivity contribution in [3.63, 3.8) is 0 Å². The SMILES string of the molecule is CC(O)(CCCC#N)c1cccc(C(F)(F)F)c1. The van der Waals surface area contributed by atoms with Gasteiger partial charge in [-0.05, 0) is 37.5 Å². The van der Waals surface area contributed by atoms with Gasteiger partial charge in [0.1, 0.15) is 0 Å². The minimum absolute atomic E-state index is 0.218. The van der Waals surface area contributed by atoms with Crippen LogP contribution < -0.4 is 0 Å². The van der Waals surface area contributed by atoms with Gasteiger partial charge in [0.15, 0.2) is 0 Å². The van der Waals surface area contributed by atoms with Gasteiger partial charge in [-0.2, -0.15) is 18.4 Å². The number of unbranched alkanes of at least 4 members (excludes halogenated alkanes) is 1. The predicted octanol–water partition coefficient (Wildman–Crippen LogP) is 3.61. The average molecular weight is 257 g/mol. The number of nitrogens with zero attached hydrogens (tertiary/aromatic N) is 1. The zero-order chi connectivity index (χ0) is 13.8. The number of aliphatic hydroxyl groups is 1. The molecule has 1 aromatic rings. The molecule has 0 radical (unpaired) electrons. The van der Waals surface area contributed by atoms with Crippen molar-refractivity contribution in [2.75, 3.05) is 0 Å². The van der Waals surface area contributed by atoms with Gasteiger partial charge < -0.3 is 5.11 Å². The first-order valence-corrected chi connectivity index (χ1v) is 5.54. The number of nitriles is 1. The van der Waals surface area contributed by atoms with E-state index in [9.17, 15) is 18.3 Å². The smallest absolute Gasteiger partial charge is 0.385 e. The minimum Gasteiger partial charge on any atom is -0.385 e. The number of alkyl halides is 3. The van der Waals surface area contributed by atoms with E-state index < -0.39 is 17.3 Å². The summed E-state index contributed by atoms with van der Waals surface area (Å²) in [6.45, 7) is 1.46. The van der Waals surface area contributed by atoms with E-state index in [0.29, 0.717) is 6.42 Å². The molecule has 0 saturated heterocycles. The Balaban J connectivity index is 2.92. The Bertz CT molecular complexity index is 446. The van der Waals surface area contributed by atoms with E-state index in [2.05, 4.69) is 0 Å². The van der Waals surface area contributed by atoms with Gasteiger partial charge in [0.2, 0.25) is 0 Å². The molecule has 0 fully saturated rings. The van der Waals surface area contributed by atoms with E-state index in [1.807, 2.05) is 6.07 Å². The normalized spacial score (nSPS) is 14.9. The largest absolute Gasteiger partial charge is 0.416 e. The number of hydrogen-bond acceptors (Lipinski definition) is 2. The van der Waals surface area contributed by atoms with Gasteiger partial charge in [-0.1, -0.05) is 12.1 Å². The summed E-state index contributed by atoms with van der Waals surface area (Å²) in [6.07, 6.45) is -3.45. The quantitative estimate of drug-likeness (QED) is 0.837. The molecular weight excluding hydrogens is 243 g/mol. The third-order valence-corrected chi connectivity index (χ3v) is 2.76. The molecule has 1 atom stereocenters. The molecule has 0 aliphatic carbocycles. The summed E-state index contributed by atoms with van der Waals surface area (Å²) in [5, 5.41) is 18.5. The summed E-state index contributed by atoms with van der Waals surface area (Å²) in [5.74, 6) is 0. The number of hydrogen-bond donors (Lipinski definition) is 1. The Kier molecular flexibility index (Phi) is 4.36. The third kappa shape index (κ3) is 3.74. The highest BCUT2D eigenvalue weighted by Crippen LogP contribution is 2.33. The van der Waals surface area contributed by atoms with Crippen LogP contribution in [0.25, 0.3) is 0 Å². The number of rotatable bonds is 4. The second kappa shape index (κ2) is 5.40. The van der Waals surface area contributed by atoms with Crippen LogP contribution in [0.2, 0.25) is 0 Å². The second-order valence-electron chi connectivity index (χ2n) is 4.36. The van der Waals surface area contributed by atoms with Gasteiger partial charge in [0.05, 0.1) is 17.2 Å². The van der Waals surface area contributed by atoms with Crippen LogP contribution in [-0.4, -0.2) is 5.11 Å². The van der Waals surface area contributed by atoms with Crippen LogP contribution in [0.1, 0.15) is 37.3 Å². The third-order valence-electron chi connectivity index (χ3n) is 2.76. The lowest BCUT2D eigenvalue weighted by Gasteiger charge is -2.24. The van der Waals surface area contributed by atoms with Gasteiger partial charge in [0.25, 0.3) is 0 Å². The van der Waals surface area contributed by atoms with E-state index in [1.165, 1.54) is 19.1 Å². The summed E-state index contributed by atoms with van der Waals surface area (Å²) < 4.78 is 37.6. The van der Waals surface area contributed by atoms with Gasteiger partial charge in [-0.3, -0.25) is 0 Å². The van der Waals surface area contributed by atoms with Crippen molar-refractivity contribution in [3.8, 4) is 6.07 Å². The predicted molar refractivity (Wildman–Crippen MR) is 60.5 cm³/mol. The van der Waals surface area contributed by atoms with Gasteiger partial charge in [0, 0.05) is 6.42 Å². The number of halogens is 3. The molecule has 0 spiro atoms. The number of benzene rings is 1. The van der Waals surface area contributed by atoms with E-state index in [0.717, 1.165) is 12.1 Å². The zero-order valence-corrected chi connectivity index (χ0v) is 9.96.